The van der Waals surface area contributed by atoms with Crippen LogP contribution in [0, 0.1) is 5.82 Å². The van der Waals surface area contributed by atoms with Crippen LogP contribution in [0.2, 0.25) is 0 Å². The van der Waals surface area contributed by atoms with E-state index in [-0.39, 0.29) is 23.4 Å². The third kappa shape index (κ3) is 1.49. The summed E-state index contributed by atoms with van der Waals surface area (Å²) in [5.41, 5.74) is 5.68. The normalized spacial score (nSPS) is 20.1. The molecule has 1 aliphatic heterocycles. The van der Waals surface area contributed by atoms with Gasteiger partial charge in [-0.25, -0.2) is 4.39 Å². The maximum absolute atomic E-state index is 13.2. The number of benzene rings is 1. The number of carbonyl (C=O) groups is 1. The molecular weight excluding hydrogens is 203 g/mol. The smallest absolute Gasteiger partial charge is 0.239 e. The minimum atomic E-state index is -0.404. The first-order chi connectivity index (χ1) is 6.72. The van der Waals surface area contributed by atoms with Crippen LogP contribution >= 0.6 is 11.8 Å². The van der Waals surface area contributed by atoms with Gasteiger partial charge in [0.15, 0.2) is 0 Å². The zero-order chi connectivity index (χ0) is 10.1. The number of halogens is 1. The molecule has 0 spiro atoms. The third-order valence-corrected chi connectivity index (χ3v) is 3.28. The number of hydrogen-bond donors (Lipinski definition) is 2. The van der Waals surface area contributed by atoms with Crippen molar-refractivity contribution in [2.24, 2.45) is 5.73 Å². The molecule has 0 saturated carbocycles. The van der Waals surface area contributed by atoms with Crippen molar-refractivity contribution in [3.63, 3.8) is 0 Å². The van der Waals surface area contributed by atoms with Gasteiger partial charge in [-0.3, -0.25) is 4.79 Å². The second-order valence-corrected chi connectivity index (χ2v) is 4.19. The summed E-state index contributed by atoms with van der Waals surface area (Å²) in [4.78, 5) is 12.1. The van der Waals surface area contributed by atoms with Crippen molar-refractivity contribution in [1.29, 1.82) is 0 Å². The second kappa shape index (κ2) is 3.59. The standard InChI is InChI=1S/C9H9FN2OS/c10-5-2-1-3-6-8(5)12-9(13)7(4-11)14-6/h1-3,7H,4,11H2,(H,12,13). The molecule has 1 amide bonds. The van der Waals surface area contributed by atoms with Crippen LogP contribution in [0.1, 0.15) is 0 Å². The molecule has 0 bridgehead atoms. The minimum Gasteiger partial charge on any atom is -0.329 e. The Kier molecular flexibility index (Phi) is 2.43. The molecule has 1 unspecified atom stereocenters. The van der Waals surface area contributed by atoms with E-state index in [0.717, 1.165) is 4.90 Å². The van der Waals surface area contributed by atoms with E-state index in [4.69, 9.17) is 5.73 Å². The SMILES string of the molecule is NCC1Sc2cccc(F)c2NC1=O. The van der Waals surface area contributed by atoms with E-state index >= 15 is 0 Å². The maximum atomic E-state index is 13.2. The highest BCUT2D eigenvalue weighted by Crippen LogP contribution is 2.36. The zero-order valence-electron chi connectivity index (χ0n) is 7.29. The van der Waals surface area contributed by atoms with E-state index in [1.54, 1.807) is 12.1 Å². The summed E-state index contributed by atoms with van der Waals surface area (Å²) in [6.45, 7) is 0.256. The quantitative estimate of drug-likeness (QED) is 0.735. The number of para-hydroxylation sites is 1. The Hall–Kier alpha value is -1.07. The lowest BCUT2D eigenvalue weighted by molar-refractivity contribution is -0.115. The molecule has 3 N–H and O–H groups in total. The molecule has 1 aromatic carbocycles. The van der Waals surface area contributed by atoms with E-state index in [0.29, 0.717) is 0 Å². The highest BCUT2D eigenvalue weighted by Gasteiger charge is 2.27. The lowest BCUT2D eigenvalue weighted by Gasteiger charge is -2.22. The molecule has 74 valence electrons. The number of rotatable bonds is 1. The van der Waals surface area contributed by atoms with Gasteiger partial charge in [-0.05, 0) is 12.1 Å². The fraction of sp³-hybridized carbons (Fsp3) is 0.222. The summed E-state index contributed by atoms with van der Waals surface area (Å²) in [7, 11) is 0. The lowest BCUT2D eigenvalue weighted by Crippen LogP contribution is -2.35. The summed E-state index contributed by atoms with van der Waals surface area (Å²) in [6.07, 6.45) is 0. The number of fused-ring (bicyclic) bond motifs is 1. The van der Waals surface area contributed by atoms with Crippen LogP contribution in [-0.2, 0) is 4.79 Å². The Labute approximate surface area is 84.9 Å². The summed E-state index contributed by atoms with van der Waals surface area (Å²) in [6, 6.07) is 4.71. The average Bonchev–Trinajstić information content (AvgIpc) is 2.19. The monoisotopic (exact) mass is 212 g/mol. The van der Waals surface area contributed by atoms with Gasteiger partial charge in [0.25, 0.3) is 0 Å². The molecule has 14 heavy (non-hydrogen) atoms. The molecule has 0 aliphatic carbocycles. The molecule has 1 heterocycles. The molecule has 5 heteroatoms. The molecule has 0 aromatic heterocycles. The fourth-order valence-corrected chi connectivity index (χ4v) is 2.28. The van der Waals surface area contributed by atoms with Crippen molar-refractivity contribution in [2.75, 3.05) is 11.9 Å². The van der Waals surface area contributed by atoms with E-state index in [9.17, 15) is 9.18 Å². The van der Waals surface area contributed by atoms with Gasteiger partial charge in [-0.15, -0.1) is 11.8 Å². The van der Waals surface area contributed by atoms with Crippen molar-refractivity contribution < 1.29 is 9.18 Å². The van der Waals surface area contributed by atoms with Crippen LogP contribution in [0.4, 0.5) is 10.1 Å². The zero-order valence-corrected chi connectivity index (χ0v) is 8.10. The van der Waals surface area contributed by atoms with E-state index in [2.05, 4.69) is 5.32 Å². The molecule has 3 nitrogen and oxygen atoms in total. The van der Waals surface area contributed by atoms with Gasteiger partial charge in [0.05, 0.1) is 5.69 Å². The molecule has 1 atom stereocenters. The van der Waals surface area contributed by atoms with Gasteiger partial charge in [-0.1, -0.05) is 6.07 Å². The predicted octanol–water partition coefficient (Wildman–Crippen LogP) is 1.20. The van der Waals surface area contributed by atoms with Gasteiger partial charge in [-0.2, -0.15) is 0 Å². The topological polar surface area (TPSA) is 55.1 Å². The van der Waals surface area contributed by atoms with Crippen molar-refractivity contribution >= 4 is 23.4 Å². The van der Waals surface area contributed by atoms with Crippen molar-refractivity contribution in [3.8, 4) is 0 Å². The number of anilines is 1. The Bertz CT molecular complexity index is 383. The molecule has 0 radical (unpaired) electrons. The molecule has 0 saturated heterocycles. The first-order valence-electron chi connectivity index (χ1n) is 4.18. The Morgan fingerprint density at radius 1 is 1.57 bits per heavy atom. The Balaban J connectivity index is 2.40. The molecular formula is C9H9FN2OS. The largest absolute Gasteiger partial charge is 0.329 e. The summed E-state index contributed by atoms with van der Waals surface area (Å²) >= 11 is 1.30. The first-order valence-corrected chi connectivity index (χ1v) is 5.06. The number of thioether (sulfide) groups is 1. The number of amides is 1. The van der Waals surface area contributed by atoms with Crippen LogP contribution in [0.25, 0.3) is 0 Å². The summed E-state index contributed by atoms with van der Waals surface area (Å²) < 4.78 is 13.2. The number of hydrogen-bond acceptors (Lipinski definition) is 3. The average molecular weight is 212 g/mol. The van der Waals surface area contributed by atoms with Gasteiger partial charge in [0, 0.05) is 11.4 Å². The van der Waals surface area contributed by atoms with Crippen molar-refractivity contribution in [1.82, 2.24) is 0 Å². The van der Waals surface area contributed by atoms with Crippen LogP contribution in [0.5, 0.6) is 0 Å². The molecule has 0 fully saturated rings. The first kappa shape index (κ1) is 9.48. The number of nitrogens with two attached hydrogens (primary N) is 1. The second-order valence-electron chi connectivity index (χ2n) is 2.94. The van der Waals surface area contributed by atoms with Crippen molar-refractivity contribution in [3.05, 3.63) is 24.0 Å². The van der Waals surface area contributed by atoms with Crippen LogP contribution in [0.3, 0.4) is 0 Å². The Morgan fingerprint density at radius 2 is 2.36 bits per heavy atom. The fourth-order valence-electron chi connectivity index (χ4n) is 1.29. The number of carbonyl (C=O) groups excluding carboxylic acids is 1. The Morgan fingerprint density at radius 3 is 3.07 bits per heavy atom. The van der Waals surface area contributed by atoms with E-state index in [1.165, 1.54) is 17.8 Å². The highest BCUT2D eigenvalue weighted by molar-refractivity contribution is 8.01. The minimum absolute atomic E-state index is 0.227. The van der Waals surface area contributed by atoms with Gasteiger partial charge < -0.3 is 11.1 Å². The van der Waals surface area contributed by atoms with E-state index < -0.39 is 5.82 Å². The van der Waals surface area contributed by atoms with Crippen LogP contribution < -0.4 is 11.1 Å². The summed E-state index contributed by atoms with van der Waals surface area (Å²) in [5.74, 6) is -0.631. The van der Waals surface area contributed by atoms with Gasteiger partial charge in [0.1, 0.15) is 11.1 Å². The van der Waals surface area contributed by atoms with Gasteiger partial charge >= 0.3 is 0 Å². The number of nitrogens with one attached hydrogen (secondary N) is 1. The molecule has 1 aliphatic rings. The van der Waals surface area contributed by atoms with E-state index in [1.807, 2.05) is 0 Å². The molecule has 2 rings (SSSR count). The predicted molar refractivity (Wildman–Crippen MR) is 53.7 cm³/mol. The highest BCUT2D eigenvalue weighted by atomic mass is 32.2. The summed E-state index contributed by atoms with van der Waals surface area (Å²) in [5, 5.41) is 2.20. The lowest BCUT2D eigenvalue weighted by atomic mass is 10.2. The third-order valence-electron chi connectivity index (χ3n) is 2.00. The van der Waals surface area contributed by atoms with Crippen LogP contribution in [0.15, 0.2) is 23.1 Å². The van der Waals surface area contributed by atoms with Crippen molar-refractivity contribution in [2.45, 2.75) is 10.1 Å². The molecule has 1 aromatic rings. The van der Waals surface area contributed by atoms with Crippen LogP contribution in [-0.4, -0.2) is 17.7 Å². The van der Waals surface area contributed by atoms with Gasteiger partial charge in [0.2, 0.25) is 5.91 Å². The maximum Gasteiger partial charge on any atom is 0.239 e.